The maximum Gasteiger partial charge on any atom is 0.199 e. The summed E-state index contributed by atoms with van der Waals surface area (Å²) in [7, 11) is 0. The van der Waals surface area contributed by atoms with Gasteiger partial charge in [0.05, 0.1) is 6.04 Å². The number of fused-ring (bicyclic) bond motifs is 1. The Hall–Kier alpha value is -1.16. The van der Waals surface area contributed by atoms with Crippen molar-refractivity contribution in [1.29, 1.82) is 0 Å². The van der Waals surface area contributed by atoms with Crippen LogP contribution in [0.1, 0.15) is 35.4 Å². The second kappa shape index (κ2) is 2.96. The van der Waals surface area contributed by atoms with E-state index in [0.717, 1.165) is 30.8 Å². The molecular weight excluding hydrogens is 166 g/mol. The average Bonchev–Trinajstić information content (AvgIpc) is 2.55. The van der Waals surface area contributed by atoms with Gasteiger partial charge in [-0.1, -0.05) is 6.92 Å². The molecule has 0 aromatic carbocycles. The van der Waals surface area contributed by atoms with Gasteiger partial charge in [-0.3, -0.25) is 4.79 Å². The zero-order valence-corrected chi connectivity index (χ0v) is 7.63. The van der Waals surface area contributed by atoms with Crippen molar-refractivity contribution in [2.24, 2.45) is 5.73 Å². The fourth-order valence-corrected chi connectivity index (χ4v) is 1.62. The molecule has 0 aliphatic heterocycles. The van der Waals surface area contributed by atoms with E-state index in [1.54, 1.807) is 0 Å². The molecule has 1 atom stereocenters. The molecule has 4 heteroatoms. The lowest BCUT2D eigenvalue weighted by Crippen LogP contribution is -2.35. The smallest absolute Gasteiger partial charge is 0.199 e. The molecule has 13 heavy (non-hydrogen) atoms. The quantitative estimate of drug-likeness (QED) is 0.656. The Labute approximate surface area is 76.5 Å². The first-order chi connectivity index (χ1) is 6.22. The first-order valence-electron chi connectivity index (χ1n) is 4.60. The van der Waals surface area contributed by atoms with Gasteiger partial charge in [-0.25, -0.2) is 4.98 Å². The number of rotatable bonds is 1. The van der Waals surface area contributed by atoms with E-state index in [-0.39, 0.29) is 11.8 Å². The maximum atomic E-state index is 11.5. The number of aromatic nitrogens is 2. The molecule has 1 aliphatic rings. The lowest BCUT2D eigenvalue weighted by Gasteiger charge is -2.14. The number of aromatic amines is 1. The fraction of sp³-hybridized carbons (Fsp3) is 0.556. The van der Waals surface area contributed by atoms with E-state index in [0.29, 0.717) is 5.69 Å². The van der Waals surface area contributed by atoms with Crippen LogP contribution in [0.15, 0.2) is 0 Å². The number of aryl methyl sites for hydroxylation is 2. The SMILES string of the molecule is CCc1nc2c([nH]1)CCC(N)C2=O. The number of ketones is 1. The average molecular weight is 179 g/mol. The zero-order chi connectivity index (χ0) is 9.42. The van der Waals surface area contributed by atoms with Gasteiger partial charge in [-0.2, -0.15) is 0 Å². The summed E-state index contributed by atoms with van der Waals surface area (Å²) >= 11 is 0. The molecular formula is C9H13N3O. The summed E-state index contributed by atoms with van der Waals surface area (Å²) in [6.07, 6.45) is 2.40. The van der Waals surface area contributed by atoms with Crippen LogP contribution in [0.5, 0.6) is 0 Å². The van der Waals surface area contributed by atoms with Crippen molar-refractivity contribution in [1.82, 2.24) is 9.97 Å². The predicted octanol–water partition coefficient (Wildman–Crippen LogP) is 0.428. The minimum atomic E-state index is -0.347. The molecule has 1 aromatic rings. The van der Waals surface area contributed by atoms with Crippen molar-refractivity contribution in [3.8, 4) is 0 Å². The Morgan fingerprint density at radius 2 is 2.46 bits per heavy atom. The summed E-state index contributed by atoms with van der Waals surface area (Å²) in [5.74, 6) is 0.865. The van der Waals surface area contributed by atoms with E-state index in [2.05, 4.69) is 9.97 Å². The van der Waals surface area contributed by atoms with Gasteiger partial charge < -0.3 is 10.7 Å². The molecule has 3 N–H and O–H groups in total. The van der Waals surface area contributed by atoms with Crippen molar-refractivity contribution in [2.45, 2.75) is 32.2 Å². The molecule has 1 aromatic heterocycles. The lowest BCUT2D eigenvalue weighted by atomic mass is 9.96. The first-order valence-corrected chi connectivity index (χ1v) is 4.60. The van der Waals surface area contributed by atoms with Gasteiger partial charge in [0.1, 0.15) is 11.5 Å². The minimum Gasteiger partial charge on any atom is -0.345 e. The van der Waals surface area contributed by atoms with Gasteiger partial charge in [-0.15, -0.1) is 0 Å². The molecule has 2 rings (SSSR count). The van der Waals surface area contributed by atoms with Crippen LogP contribution in [0.4, 0.5) is 0 Å². The van der Waals surface area contributed by atoms with Crippen molar-refractivity contribution >= 4 is 5.78 Å². The number of nitrogens with one attached hydrogen (secondary N) is 1. The largest absolute Gasteiger partial charge is 0.345 e. The third-order valence-electron chi connectivity index (χ3n) is 2.44. The summed E-state index contributed by atoms with van der Waals surface area (Å²) in [6, 6.07) is -0.347. The predicted molar refractivity (Wildman–Crippen MR) is 48.6 cm³/mol. The molecule has 4 nitrogen and oxygen atoms in total. The van der Waals surface area contributed by atoms with Crippen molar-refractivity contribution in [2.75, 3.05) is 0 Å². The number of imidazole rings is 1. The van der Waals surface area contributed by atoms with Gasteiger partial charge in [-0.05, 0) is 12.8 Å². The normalized spacial score (nSPS) is 21.7. The summed E-state index contributed by atoms with van der Waals surface area (Å²) in [4.78, 5) is 18.9. The highest BCUT2D eigenvalue weighted by Crippen LogP contribution is 2.18. The van der Waals surface area contributed by atoms with E-state index in [4.69, 9.17) is 5.73 Å². The Kier molecular flexibility index (Phi) is 1.92. The number of nitrogens with two attached hydrogens (primary N) is 1. The van der Waals surface area contributed by atoms with Gasteiger partial charge in [0, 0.05) is 12.1 Å². The van der Waals surface area contributed by atoms with E-state index < -0.39 is 0 Å². The third kappa shape index (κ3) is 1.27. The number of H-pyrrole nitrogens is 1. The minimum absolute atomic E-state index is 0.0165. The monoisotopic (exact) mass is 179 g/mol. The number of hydrogen-bond donors (Lipinski definition) is 2. The molecule has 0 fully saturated rings. The van der Waals surface area contributed by atoms with Crippen LogP contribution < -0.4 is 5.73 Å². The Bertz CT molecular complexity index is 343. The highest BCUT2D eigenvalue weighted by atomic mass is 16.1. The molecule has 0 saturated heterocycles. The molecule has 0 spiro atoms. The van der Waals surface area contributed by atoms with Crippen molar-refractivity contribution < 1.29 is 4.79 Å². The molecule has 1 heterocycles. The van der Waals surface area contributed by atoms with Crippen LogP contribution >= 0.6 is 0 Å². The second-order valence-corrected chi connectivity index (χ2v) is 3.37. The summed E-state index contributed by atoms with van der Waals surface area (Å²) < 4.78 is 0. The molecule has 0 saturated carbocycles. The van der Waals surface area contributed by atoms with Crippen LogP contribution in [0.25, 0.3) is 0 Å². The zero-order valence-electron chi connectivity index (χ0n) is 7.63. The van der Waals surface area contributed by atoms with E-state index >= 15 is 0 Å². The Morgan fingerprint density at radius 3 is 3.15 bits per heavy atom. The second-order valence-electron chi connectivity index (χ2n) is 3.37. The Balaban J connectivity index is 2.42. The number of carbonyl (C=O) groups excluding carboxylic acids is 1. The summed E-state index contributed by atoms with van der Waals surface area (Å²) in [5, 5.41) is 0. The number of nitrogens with zero attached hydrogens (tertiary/aromatic N) is 1. The number of Topliss-reactive ketones (excluding diaryl/α,β-unsaturated/α-hetero) is 1. The molecule has 70 valence electrons. The van der Waals surface area contributed by atoms with E-state index in [1.165, 1.54) is 0 Å². The van der Waals surface area contributed by atoms with Gasteiger partial charge in [0.25, 0.3) is 0 Å². The summed E-state index contributed by atoms with van der Waals surface area (Å²) in [6.45, 7) is 2.01. The van der Waals surface area contributed by atoms with Crippen LogP contribution in [-0.2, 0) is 12.8 Å². The lowest BCUT2D eigenvalue weighted by molar-refractivity contribution is 0.0943. The Morgan fingerprint density at radius 1 is 1.69 bits per heavy atom. The van der Waals surface area contributed by atoms with Crippen LogP contribution in [0.2, 0.25) is 0 Å². The van der Waals surface area contributed by atoms with Crippen molar-refractivity contribution in [3.05, 3.63) is 17.2 Å². The van der Waals surface area contributed by atoms with Crippen molar-refractivity contribution in [3.63, 3.8) is 0 Å². The van der Waals surface area contributed by atoms with Gasteiger partial charge in [0.2, 0.25) is 0 Å². The highest BCUT2D eigenvalue weighted by Gasteiger charge is 2.27. The standard InChI is InChI=1S/C9H13N3O/c1-2-7-11-6-4-3-5(10)9(13)8(6)12-7/h5H,2-4,10H2,1H3,(H,11,12). The van der Waals surface area contributed by atoms with E-state index in [1.807, 2.05) is 6.92 Å². The number of hydrogen-bond acceptors (Lipinski definition) is 3. The molecule has 0 radical (unpaired) electrons. The van der Waals surface area contributed by atoms with Gasteiger partial charge in [0.15, 0.2) is 5.78 Å². The van der Waals surface area contributed by atoms with Crippen LogP contribution in [0.3, 0.4) is 0 Å². The van der Waals surface area contributed by atoms with Gasteiger partial charge >= 0.3 is 0 Å². The summed E-state index contributed by atoms with van der Waals surface area (Å²) in [5.41, 5.74) is 7.17. The topological polar surface area (TPSA) is 71.8 Å². The maximum absolute atomic E-state index is 11.5. The number of carbonyl (C=O) groups is 1. The molecule has 0 bridgehead atoms. The first kappa shape index (κ1) is 8.44. The van der Waals surface area contributed by atoms with Crippen LogP contribution in [0, 0.1) is 0 Å². The third-order valence-corrected chi connectivity index (χ3v) is 2.44. The molecule has 1 unspecified atom stereocenters. The molecule has 0 amide bonds. The molecule has 1 aliphatic carbocycles. The highest BCUT2D eigenvalue weighted by molar-refractivity contribution is 6.00. The van der Waals surface area contributed by atoms with Crippen LogP contribution in [-0.4, -0.2) is 21.8 Å². The fourth-order valence-electron chi connectivity index (χ4n) is 1.62. The van der Waals surface area contributed by atoms with E-state index in [9.17, 15) is 4.79 Å².